The van der Waals surface area contributed by atoms with E-state index in [0.717, 1.165) is 10.0 Å². The molecule has 0 bridgehead atoms. The summed E-state index contributed by atoms with van der Waals surface area (Å²) in [4.78, 5) is 15.9. The summed E-state index contributed by atoms with van der Waals surface area (Å²) in [6, 6.07) is 13.3. The fourth-order valence-electron chi connectivity index (χ4n) is 2.01. The van der Waals surface area contributed by atoms with Crippen molar-refractivity contribution in [2.75, 3.05) is 0 Å². The van der Waals surface area contributed by atoms with Gasteiger partial charge in [0.25, 0.3) is 5.89 Å². The van der Waals surface area contributed by atoms with Crippen LogP contribution >= 0.6 is 15.9 Å². The van der Waals surface area contributed by atoms with Crippen LogP contribution in [0.25, 0.3) is 17.5 Å². The van der Waals surface area contributed by atoms with Crippen LogP contribution in [0.15, 0.2) is 63.6 Å². The smallest absolute Gasteiger partial charge is 0.331 e. The number of aromatic nitrogens is 2. The van der Waals surface area contributed by atoms with Crippen LogP contribution < -0.4 is 0 Å². The normalized spacial score (nSPS) is 11.0. The number of carbonyl (C=O) groups excluding carboxylic acids is 1. The van der Waals surface area contributed by atoms with E-state index in [-0.39, 0.29) is 18.3 Å². The van der Waals surface area contributed by atoms with Crippen molar-refractivity contribution in [1.29, 1.82) is 0 Å². The number of benzene rings is 2. The maximum atomic E-state index is 13.0. The number of rotatable bonds is 5. The van der Waals surface area contributed by atoms with Crippen molar-refractivity contribution in [2.24, 2.45) is 0 Å². The van der Waals surface area contributed by atoms with Crippen LogP contribution in [0.4, 0.5) is 4.39 Å². The zero-order valence-corrected chi connectivity index (χ0v) is 14.4. The molecule has 1 heterocycles. The first kappa shape index (κ1) is 17.0. The Labute approximate surface area is 151 Å². The van der Waals surface area contributed by atoms with Crippen molar-refractivity contribution >= 4 is 28.0 Å². The summed E-state index contributed by atoms with van der Waals surface area (Å²) in [5.41, 5.74) is 1.34. The van der Waals surface area contributed by atoms with Gasteiger partial charge in [0.15, 0.2) is 6.61 Å². The summed E-state index contributed by atoms with van der Waals surface area (Å²) in [5.74, 6) is -0.377. The predicted molar refractivity (Wildman–Crippen MR) is 92.7 cm³/mol. The Morgan fingerprint density at radius 3 is 2.88 bits per heavy atom. The number of carbonyl (C=O) groups is 1. The lowest BCUT2D eigenvalue weighted by Gasteiger charge is -1.97. The highest BCUT2D eigenvalue weighted by Gasteiger charge is 2.10. The van der Waals surface area contributed by atoms with E-state index in [1.54, 1.807) is 12.1 Å². The van der Waals surface area contributed by atoms with Crippen LogP contribution in [-0.2, 0) is 16.1 Å². The van der Waals surface area contributed by atoms with Crippen LogP contribution in [0.2, 0.25) is 0 Å². The highest BCUT2D eigenvalue weighted by Crippen LogP contribution is 2.20. The Bertz CT molecular complexity index is 924. The second-order valence-corrected chi connectivity index (χ2v) is 5.93. The molecule has 0 spiro atoms. The summed E-state index contributed by atoms with van der Waals surface area (Å²) in [5, 5.41) is 3.85. The molecule has 25 heavy (non-hydrogen) atoms. The molecular weight excluding hydrogens is 391 g/mol. The molecule has 7 heteroatoms. The average molecular weight is 403 g/mol. The van der Waals surface area contributed by atoms with E-state index in [2.05, 4.69) is 26.1 Å². The standard InChI is InChI=1S/C18H12BrFN2O3/c19-14-5-2-4-13(10-14)18-21-16(25-22-18)11-24-17(23)8-7-12-3-1-6-15(20)9-12/h1-10H,11H2/b8-7+. The van der Waals surface area contributed by atoms with Crippen LogP contribution in [-0.4, -0.2) is 16.1 Å². The van der Waals surface area contributed by atoms with Crippen molar-refractivity contribution in [3.63, 3.8) is 0 Å². The van der Waals surface area contributed by atoms with Crippen LogP contribution in [0, 0.1) is 5.82 Å². The second-order valence-electron chi connectivity index (χ2n) is 5.02. The third-order valence-electron chi connectivity index (χ3n) is 3.15. The highest BCUT2D eigenvalue weighted by molar-refractivity contribution is 9.10. The third-order valence-corrected chi connectivity index (χ3v) is 3.64. The zero-order chi connectivity index (χ0) is 17.6. The summed E-state index contributed by atoms with van der Waals surface area (Å²) in [6.07, 6.45) is 2.67. The summed E-state index contributed by atoms with van der Waals surface area (Å²) < 4.78 is 24.0. The van der Waals surface area contributed by atoms with Crippen molar-refractivity contribution in [2.45, 2.75) is 6.61 Å². The molecule has 0 aliphatic carbocycles. The monoisotopic (exact) mass is 402 g/mol. The van der Waals surface area contributed by atoms with Gasteiger partial charge in [0.05, 0.1) is 0 Å². The first-order chi connectivity index (χ1) is 12.1. The minimum absolute atomic E-state index is 0.146. The molecule has 0 fully saturated rings. The molecular formula is C18H12BrFN2O3. The van der Waals surface area contributed by atoms with Gasteiger partial charge < -0.3 is 9.26 Å². The lowest BCUT2D eigenvalue weighted by Crippen LogP contribution is -2.01. The molecule has 0 saturated heterocycles. The minimum Gasteiger partial charge on any atom is -0.452 e. The number of esters is 1. The van der Waals surface area contributed by atoms with Gasteiger partial charge in [0, 0.05) is 16.1 Å². The molecule has 0 aliphatic rings. The summed E-state index contributed by atoms with van der Waals surface area (Å²) in [7, 11) is 0. The van der Waals surface area contributed by atoms with Gasteiger partial charge in [-0.3, -0.25) is 0 Å². The fraction of sp³-hybridized carbons (Fsp3) is 0.0556. The van der Waals surface area contributed by atoms with E-state index in [4.69, 9.17) is 9.26 Å². The number of nitrogens with zero attached hydrogens (tertiary/aromatic N) is 2. The maximum Gasteiger partial charge on any atom is 0.331 e. The Kier molecular flexibility index (Phi) is 5.35. The SMILES string of the molecule is O=C(/C=C/c1cccc(F)c1)OCc1nc(-c2cccc(Br)c2)no1. The molecule has 1 aromatic heterocycles. The molecule has 5 nitrogen and oxygen atoms in total. The molecule has 0 N–H and O–H groups in total. The molecule has 0 amide bonds. The van der Waals surface area contributed by atoms with Gasteiger partial charge in [-0.05, 0) is 35.9 Å². The van der Waals surface area contributed by atoms with Crippen molar-refractivity contribution in [1.82, 2.24) is 10.1 Å². The van der Waals surface area contributed by atoms with E-state index in [9.17, 15) is 9.18 Å². The fourth-order valence-corrected chi connectivity index (χ4v) is 2.41. The second kappa shape index (κ2) is 7.85. The third kappa shape index (κ3) is 4.84. The van der Waals surface area contributed by atoms with Gasteiger partial charge in [0.2, 0.25) is 5.82 Å². The molecule has 3 aromatic rings. The highest BCUT2D eigenvalue weighted by atomic mass is 79.9. The lowest BCUT2D eigenvalue weighted by atomic mass is 10.2. The maximum absolute atomic E-state index is 13.0. The van der Waals surface area contributed by atoms with Crippen LogP contribution in [0.1, 0.15) is 11.5 Å². The number of ether oxygens (including phenoxy) is 1. The molecule has 126 valence electrons. The van der Waals surface area contributed by atoms with E-state index >= 15 is 0 Å². The molecule has 0 atom stereocenters. The Hall–Kier alpha value is -2.80. The molecule has 0 saturated carbocycles. The lowest BCUT2D eigenvalue weighted by molar-refractivity contribution is -0.139. The van der Waals surface area contributed by atoms with E-state index < -0.39 is 5.97 Å². The Balaban J connectivity index is 1.58. The van der Waals surface area contributed by atoms with Gasteiger partial charge in [-0.25, -0.2) is 9.18 Å². The van der Waals surface area contributed by atoms with Crippen LogP contribution in [0.3, 0.4) is 0 Å². The minimum atomic E-state index is -0.591. The van der Waals surface area contributed by atoms with Gasteiger partial charge in [-0.2, -0.15) is 4.98 Å². The number of hydrogen-bond acceptors (Lipinski definition) is 5. The van der Waals surface area contributed by atoms with E-state index in [0.29, 0.717) is 11.4 Å². The number of halogens is 2. The van der Waals surface area contributed by atoms with Gasteiger partial charge in [-0.1, -0.05) is 45.4 Å². The summed E-state index contributed by atoms with van der Waals surface area (Å²) in [6.45, 7) is -0.146. The predicted octanol–water partition coefficient (Wildman–Crippen LogP) is 4.39. The Morgan fingerprint density at radius 2 is 2.08 bits per heavy atom. The first-order valence-corrected chi connectivity index (χ1v) is 8.08. The summed E-state index contributed by atoms with van der Waals surface area (Å²) >= 11 is 3.37. The van der Waals surface area contributed by atoms with Gasteiger partial charge >= 0.3 is 5.97 Å². The zero-order valence-electron chi connectivity index (χ0n) is 12.9. The van der Waals surface area contributed by atoms with Crippen molar-refractivity contribution < 1.29 is 18.4 Å². The van der Waals surface area contributed by atoms with Crippen molar-refractivity contribution in [3.8, 4) is 11.4 Å². The first-order valence-electron chi connectivity index (χ1n) is 7.29. The average Bonchev–Trinajstić information content (AvgIpc) is 3.07. The van der Waals surface area contributed by atoms with Gasteiger partial charge in [0.1, 0.15) is 5.82 Å². The Morgan fingerprint density at radius 1 is 1.24 bits per heavy atom. The molecule has 2 aromatic carbocycles. The van der Waals surface area contributed by atoms with Gasteiger partial charge in [-0.15, -0.1) is 0 Å². The van der Waals surface area contributed by atoms with Crippen molar-refractivity contribution in [3.05, 3.63) is 76.4 Å². The van der Waals surface area contributed by atoms with E-state index in [1.165, 1.54) is 24.3 Å². The molecule has 0 radical (unpaired) electrons. The molecule has 0 unspecified atom stereocenters. The molecule has 0 aliphatic heterocycles. The number of hydrogen-bond donors (Lipinski definition) is 0. The van der Waals surface area contributed by atoms with E-state index in [1.807, 2.05) is 24.3 Å². The molecule has 3 rings (SSSR count). The van der Waals surface area contributed by atoms with Crippen LogP contribution in [0.5, 0.6) is 0 Å². The topological polar surface area (TPSA) is 65.2 Å². The quantitative estimate of drug-likeness (QED) is 0.467. The largest absolute Gasteiger partial charge is 0.452 e.